The summed E-state index contributed by atoms with van der Waals surface area (Å²) in [7, 11) is 1.66. The highest BCUT2D eigenvalue weighted by Gasteiger charge is 2.24. The number of fused-ring (bicyclic) bond motifs is 1. The lowest BCUT2D eigenvalue weighted by atomic mass is 10.1. The average Bonchev–Trinajstić information content (AvgIpc) is 2.50. The van der Waals surface area contributed by atoms with Gasteiger partial charge in [-0.1, -0.05) is 6.07 Å². The molecule has 2 rings (SSSR count). The molecule has 0 fully saturated rings. The second kappa shape index (κ2) is 3.14. The molecule has 0 aromatic heterocycles. The third kappa shape index (κ3) is 1.48. The van der Waals surface area contributed by atoms with Gasteiger partial charge in [0.25, 0.3) is 9.05 Å². The minimum atomic E-state index is -3.65. The first kappa shape index (κ1) is 9.80. The maximum Gasteiger partial charge on any atom is 0.261 e. The minimum Gasteiger partial charge on any atom is -0.493 e. The Hall–Kier alpha value is -0.740. The predicted molar refractivity (Wildman–Crippen MR) is 53.4 cm³/mol. The molecule has 0 amide bonds. The van der Waals surface area contributed by atoms with Gasteiger partial charge < -0.3 is 4.74 Å². The van der Waals surface area contributed by atoms with Crippen molar-refractivity contribution in [3.8, 4) is 5.75 Å². The minimum absolute atomic E-state index is 0.178. The first-order chi connectivity index (χ1) is 6.50. The number of rotatable bonds is 1. The lowest BCUT2D eigenvalue weighted by Gasteiger charge is -2.06. The monoisotopic (exact) mass is 232 g/mol. The first-order valence-electron chi connectivity index (χ1n) is 4.20. The zero-order chi connectivity index (χ0) is 10.3. The fraction of sp³-hybridized carbons (Fsp3) is 0.333. The van der Waals surface area contributed by atoms with Crippen LogP contribution in [-0.2, 0) is 15.5 Å². The summed E-state index contributed by atoms with van der Waals surface area (Å²) in [6.45, 7) is 2.41. The Bertz CT molecular complexity index is 479. The molecule has 1 aliphatic heterocycles. The average molecular weight is 233 g/mol. The van der Waals surface area contributed by atoms with E-state index in [1.165, 1.54) is 6.07 Å². The molecule has 0 spiro atoms. The van der Waals surface area contributed by atoms with Crippen molar-refractivity contribution in [2.45, 2.75) is 18.2 Å². The van der Waals surface area contributed by atoms with Gasteiger partial charge >= 0.3 is 0 Å². The second-order valence-corrected chi connectivity index (χ2v) is 5.76. The molecule has 1 aromatic carbocycles. The highest BCUT2D eigenvalue weighted by molar-refractivity contribution is 8.13. The van der Waals surface area contributed by atoms with E-state index in [1.54, 1.807) is 6.07 Å². The van der Waals surface area contributed by atoms with Gasteiger partial charge in [0.2, 0.25) is 0 Å². The molecule has 1 aromatic rings. The zero-order valence-electron chi connectivity index (χ0n) is 7.58. The summed E-state index contributed by atoms with van der Waals surface area (Å²) in [5.41, 5.74) is 1.65. The van der Waals surface area contributed by atoms with Crippen LogP contribution < -0.4 is 4.74 Å². The summed E-state index contributed by atoms with van der Waals surface area (Å²) in [4.78, 5) is 0.178. The van der Waals surface area contributed by atoms with Crippen LogP contribution in [0.25, 0.3) is 0 Å². The van der Waals surface area contributed by atoms with E-state index in [4.69, 9.17) is 15.4 Å². The molecule has 0 saturated heterocycles. The molecule has 5 heteroatoms. The summed E-state index contributed by atoms with van der Waals surface area (Å²) in [6.07, 6.45) is 0.609. The van der Waals surface area contributed by atoms with E-state index in [-0.39, 0.29) is 4.90 Å². The first-order valence-corrected chi connectivity index (χ1v) is 6.51. The van der Waals surface area contributed by atoms with Gasteiger partial charge in [-0.25, -0.2) is 8.42 Å². The van der Waals surface area contributed by atoms with Crippen molar-refractivity contribution in [1.82, 2.24) is 0 Å². The molecule has 0 radical (unpaired) electrons. The lowest BCUT2D eigenvalue weighted by Crippen LogP contribution is -1.96. The molecule has 1 aliphatic rings. The van der Waals surface area contributed by atoms with Crippen LogP contribution in [0.15, 0.2) is 17.0 Å². The van der Waals surface area contributed by atoms with Crippen LogP contribution >= 0.6 is 10.7 Å². The van der Waals surface area contributed by atoms with E-state index in [0.717, 1.165) is 5.56 Å². The summed E-state index contributed by atoms with van der Waals surface area (Å²) in [5, 5.41) is 0. The van der Waals surface area contributed by atoms with Crippen molar-refractivity contribution in [2.24, 2.45) is 0 Å². The maximum absolute atomic E-state index is 11.2. The summed E-state index contributed by atoms with van der Waals surface area (Å²) in [6, 6.07) is 3.24. The maximum atomic E-state index is 11.2. The number of aryl methyl sites for hydroxylation is 1. The molecule has 0 N–H and O–H groups in total. The molecule has 0 aliphatic carbocycles. The van der Waals surface area contributed by atoms with Gasteiger partial charge in [0, 0.05) is 22.7 Å². The molecule has 0 atom stereocenters. The molecule has 3 nitrogen and oxygen atoms in total. The quantitative estimate of drug-likeness (QED) is 0.695. The Morgan fingerprint density at radius 3 is 2.79 bits per heavy atom. The SMILES string of the molecule is Cc1ccc(S(=O)(=O)Cl)c2c1OCC2. The Kier molecular flexibility index (Phi) is 2.20. The van der Waals surface area contributed by atoms with Crippen LogP contribution in [0.3, 0.4) is 0 Å². The van der Waals surface area contributed by atoms with Crippen LogP contribution in [0, 0.1) is 6.92 Å². The lowest BCUT2D eigenvalue weighted by molar-refractivity contribution is 0.354. The van der Waals surface area contributed by atoms with Crippen LogP contribution in [-0.4, -0.2) is 15.0 Å². The molecular weight excluding hydrogens is 224 g/mol. The molecular formula is C9H9ClO3S. The highest BCUT2D eigenvalue weighted by Crippen LogP contribution is 2.35. The molecule has 76 valence electrons. The van der Waals surface area contributed by atoms with Gasteiger partial charge in [-0.3, -0.25) is 0 Å². The molecule has 0 saturated carbocycles. The Morgan fingerprint density at radius 2 is 2.14 bits per heavy atom. The topological polar surface area (TPSA) is 43.4 Å². The van der Waals surface area contributed by atoms with E-state index in [0.29, 0.717) is 24.3 Å². The van der Waals surface area contributed by atoms with Crippen molar-refractivity contribution < 1.29 is 13.2 Å². The Balaban J connectivity index is 2.72. The fourth-order valence-corrected chi connectivity index (χ4v) is 2.80. The number of hydrogen-bond acceptors (Lipinski definition) is 3. The van der Waals surface area contributed by atoms with Crippen LogP contribution in [0.4, 0.5) is 0 Å². The van der Waals surface area contributed by atoms with Crippen molar-refractivity contribution >= 4 is 19.7 Å². The van der Waals surface area contributed by atoms with E-state index < -0.39 is 9.05 Å². The number of ether oxygens (including phenoxy) is 1. The summed E-state index contributed by atoms with van der Waals surface area (Å²) < 4.78 is 27.8. The van der Waals surface area contributed by atoms with E-state index in [1.807, 2.05) is 6.92 Å². The molecule has 1 heterocycles. The van der Waals surface area contributed by atoms with Gasteiger partial charge in [-0.2, -0.15) is 0 Å². The fourth-order valence-electron chi connectivity index (χ4n) is 1.65. The molecule has 0 unspecified atom stereocenters. The number of hydrogen-bond donors (Lipinski definition) is 0. The Morgan fingerprint density at radius 1 is 1.43 bits per heavy atom. The highest BCUT2D eigenvalue weighted by atomic mass is 35.7. The largest absolute Gasteiger partial charge is 0.493 e. The van der Waals surface area contributed by atoms with Gasteiger partial charge in [0.1, 0.15) is 5.75 Å². The van der Waals surface area contributed by atoms with Gasteiger partial charge in [-0.15, -0.1) is 0 Å². The Labute approximate surface area is 87.1 Å². The second-order valence-electron chi connectivity index (χ2n) is 3.22. The van der Waals surface area contributed by atoms with E-state index in [9.17, 15) is 8.42 Å². The number of halogens is 1. The van der Waals surface area contributed by atoms with Crippen LogP contribution in [0.2, 0.25) is 0 Å². The number of benzene rings is 1. The summed E-state index contributed by atoms with van der Waals surface area (Å²) in [5.74, 6) is 0.673. The zero-order valence-corrected chi connectivity index (χ0v) is 9.15. The van der Waals surface area contributed by atoms with Crippen LogP contribution in [0.5, 0.6) is 5.75 Å². The molecule has 14 heavy (non-hydrogen) atoms. The third-order valence-electron chi connectivity index (χ3n) is 2.28. The van der Waals surface area contributed by atoms with E-state index >= 15 is 0 Å². The van der Waals surface area contributed by atoms with Gasteiger partial charge in [-0.05, 0) is 18.6 Å². The van der Waals surface area contributed by atoms with E-state index in [2.05, 4.69) is 0 Å². The molecule has 0 bridgehead atoms. The normalized spacial score (nSPS) is 15.0. The van der Waals surface area contributed by atoms with Crippen LogP contribution in [0.1, 0.15) is 11.1 Å². The van der Waals surface area contributed by atoms with Gasteiger partial charge in [0.05, 0.1) is 11.5 Å². The predicted octanol–water partition coefficient (Wildman–Crippen LogP) is 1.86. The third-order valence-corrected chi connectivity index (χ3v) is 3.68. The van der Waals surface area contributed by atoms with Crippen molar-refractivity contribution in [3.63, 3.8) is 0 Å². The standard InChI is InChI=1S/C9H9ClO3S/c1-6-2-3-8(14(10,11)12)7-4-5-13-9(6)7/h2-3H,4-5H2,1H3. The van der Waals surface area contributed by atoms with Crippen molar-refractivity contribution in [3.05, 3.63) is 23.3 Å². The van der Waals surface area contributed by atoms with Crippen molar-refractivity contribution in [1.29, 1.82) is 0 Å². The smallest absolute Gasteiger partial charge is 0.261 e. The van der Waals surface area contributed by atoms with Gasteiger partial charge in [0.15, 0.2) is 0 Å². The summed E-state index contributed by atoms with van der Waals surface area (Å²) >= 11 is 0. The van der Waals surface area contributed by atoms with Crippen molar-refractivity contribution in [2.75, 3.05) is 6.61 Å².